The molecule has 1 aromatic rings. The predicted molar refractivity (Wildman–Crippen MR) is 64.5 cm³/mol. The number of aryl methyl sites for hydroxylation is 2. The van der Waals surface area contributed by atoms with E-state index in [-0.39, 0.29) is 0 Å². The van der Waals surface area contributed by atoms with Gasteiger partial charge in [-0.3, -0.25) is 0 Å². The van der Waals surface area contributed by atoms with Crippen molar-refractivity contribution in [1.29, 1.82) is 0 Å². The summed E-state index contributed by atoms with van der Waals surface area (Å²) in [7, 11) is 2.12. The molecule has 0 bridgehead atoms. The third-order valence-electron chi connectivity index (χ3n) is 2.39. The van der Waals surface area contributed by atoms with E-state index in [0.717, 1.165) is 18.8 Å². The summed E-state index contributed by atoms with van der Waals surface area (Å²) in [4.78, 5) is 2.26. The molecule has 1 rings (SSSR count). The van der Waals surface area contributed by atoms with Gasteiger partial charge in [0.25, 0.3) is 0 Å². The lowest BCUT2D eigenvalue weighted by molar-refractivity contribution is 0.853. The van der Waals surface area contributed by atoms with Crippen molar-refractivity contribution in [2.24, 2.45) is 0 Å². The van der Waals surface area contributed by atoms with Crippen molar-refractivity contribution in [3.05, 3.63) is 29.3 Å². The molecule has 0 aliphatic heterocycles. The van der Waals surface area contributed by atoms with Gasteiger partial charge in [-0.15, -0.1) is 11.6 Å². The molecule has 0 aliphatic rings. The predicted octanol–water partition coefficient (Wildman–Crippen LogP) is 3.37. The van der Waals surface area contributed by atoms with Crippen LogP contribution in [-0.2, 0) is 0 Å². The minimum atomic E-state index is 0.731. The first-order valence-corrected chi connectivity index (χ1v) is 5.53. The van der Waals surface area contributed by atoms with Crippen LogP contribution in [-0.4, -0.2) is 19.5 Å². The van der Waals surface area contributed by atoms with Crippen molar-refractivity contribution in [2.45, 2.75) is 20.3 Å². The zero-order valence-corrected chi connectivity index (χ0v) is 9.93. The summed E-state index contributed by atoms with van der Waals surface area (Å²) < 4.78 is 0. The van der Waals surface area contributed by atoms with Gasteiger partial charge in [0.05, 0.1) is 0 Å². The number of halogens is 1. The van der Waals surface area contributed by atoms with Crippen molar-refractivity contribution >= 4 is 17.3 Å². The first-order valence-electron chi connectivity index (χ1n) is 4.99. The van der Waals surface area contributed by atoms with Crippen LogP contribution >= 0.6 is 11.6 Å². The smallest absolute Gasteiger partial charge is 0.0393 e. The van der Waals surface area contributed by atoms with E-state index in [4.69, 9.17) is 11.6 Å². The van der Waals surface area contributed by atoms with Crippen LogP contribution in [0.2, 0.25) is 0 Å². The highest BCUT2D eigenvalue weighted by molar-refractivity contribution is 6.17. The van der Waals surface area contributed by atoms with Crippen LogP contribution in [0.15, 0.2) is 18.2 Å². The zero-order chi connectivity index (χ0) is 10.6. The number of rotatable bonds is 4. The number of alkyl halides is 1. The van der Waals surface area contributed by atoms with Gasteiger partial charge in [0, 0.05) is 25.2 Å². The summed E-state index contributed by atoms with van der Waals surface area (Å²) in [5, 5.41) is 0. The summed E-state index contributed by atoms with van der Waals surface area (Å²) in [5.41, 5.74) is 3.96. The van der Waals surface area contributed by atoms with Gasteiger partial charge in [-0.2, -0.15) is 0 Å². The fourth-order valence-electron chi connectivity index (χ4n) is 1.65. The largest absolute Gasteiger partial charge is 0.374 e. The minimum Gasteiger partial charge on any atom is -0.374 e. The van der Waals surface area contributed by atoms with Gasteiger partial charge in [0.15, 0.2) is 0 Å². The van der Waals surface area contributed by atoms with Crippen molar-refractivity contribution in [3.8, 4) is 0 Å². The molecule has 0 atom stereocenters. The quantitative estimate of drug-likeness (QED) is 0.691. The highest BCUT2D eigenvalue weighted by Crippen LogP contribution is 2.19. The van der Waals surface area contributed by atoms with Crippen LogP contribution in [0.5, 0.6) is 0 Å². The normalized spacial score (nSPS) is 10.3. The lowest BCUT2D eigenvalue weighted by Gasteiger charge is -2.21. The number of anilines is 1. The van der Waals surface area contributed by atoms with E-state index >= 15 is 0 Å². The van der Waals surface area contributed by atoms with Gasteiger partial charge in [0.1, 0.15) is 0 Å². The Kier molecular flexibility index (Phi) is 4.27. The molecule has 14 heavy (non-hydrogen) atoms. The summed E-state index contributed by atoms with van der Waals surface area (Å²) in [6.45, 7) is 5.29. The summed E-state index contributed by atoms with van der Waals surface area (Å²) in [6, 6.07) is 6.55. The zero-order valence-electron chi connectivity index (χ0n) is 9.18. The van der Waals surface area contributed by atoms with E-state index in [2.05, 4.69) is 44.0 Å². The number of nitrogens with zero attached hydrogens (tertiary/aromatic N) is 1. The molecule has 0 saturated carbocycles. The van der Waals surface area contributed by atoms with Crippen LogP contribution in [0, 0.1) is 13.8 Å². The lowest BCUT2D eigenvalue weighted by atomic mass is 10.1. The molecule has 0 aliphatic carbocycles. The maximum Gasteiger partial charge on any atom is 0.0393 e. The molecule has 0 amide bonds. The van der Waals surface area contributed by atoms with Crippen LogP contribution in [0.25, 0.3) is 0 Å². The second-order valence-electron chi connectivity index (χ2n) is 3.75. The average Bonchev–Trinajstić information content (AvgIpc) is 2.14. The second kappa shape index (κ2) is 5.26. The number of benzene rings is 1. The Hall–Kier alpha value is -0.690. The summed E-state index contributed by atoms with van der Waals surface area (Å²) >= 11 is 5.67. The van der Waals surface area contributed by atoms with E-state index in [1.165, 1.54) is 16.8 Å². The third kappa shape index (κ3) is 2.91. The topological polar surface area (TPSA) is 3.24 Å². The molecule has 0 N–H and O–H groups in total. The first kappa shape index (κ1) is 11.4. The van der Waals surface area contributed by atoms with Crippen molar-refractivity contribution in [1.82, 2.24) is 0 Å². The van der Waals surface area contributed by atoms with Gasteiger partial charge in [-0.25, -0.2) is 0 Å². The Balaban J connectivity index is 2.74. The average molecular weight is 212 g/mol. The number of hydrogen-bond acceptors (Lipinski definition) is 1. The molecule has 78 valence electrons. The third-order valence-corrected chi connectivity index (χ3v) is 2.66. The van der Waals surface area contributed by atoms with Crippen molar-refractivity contribution < 1.29 is 0 Å². The Labute approximate surface area is 91.7 Å². The monoisotopic (exact) mass is 211 g/mol. The summed E-state index contributed by atoms with van der Waals surface area (Å²) in [6.07, 6.45) is 1.03. The van der Waals surface area contributed by atoms with Crippen LogP contribution in [0.4, 0.5) is 5.69 Å². The maximum atomic E-state index is 5.67. The standard InChI is InChI=1S/C12H18ClN/c1-10-5-6-12(11(2)9-10)14(3)8-4-7-13/h5-6,9H,4,7-8H2,1-3H3. The first-order chi connectivity index (χ1) is 6.65. The SMILES string of the molecule is Cc1ccc(N(C)CCCCl)c(C)c1. The maximum absolute atomic E-state index is 5.67. The molecule has 0 unspecified atom stereocenters. The molecule has 0 radical (unpaired) electrons. The fraction of sp³-hybridized carbons (Fsp3) is 0.500. The van der Waals surface area contributed by atoms with Crippen LogP contribution in [0.1, 0.15) is 17.5 Å². The van der Waals surface area contributed by atoms with E-state index < -0.39 is 0 Å². The molecule has 0 aromatic heterocycles. The van der Waals surface area contributed by atoms with Gasteiger partial charge in [-0.05, 0) is 31.9 Å². The van der Waals surface area contributed by atoms with Crippen molar-refractivity contribution in [3.63, 3.8) is 0 Å². The Morgan fingerprint density at radius 1 is 1.29 bits per heavy atom. The van der Waals surface area contributed by atoms with E-state index in [1.54, 1.807) is 0 Å². The molecule has 1 nitrogen and oxygen atoms in total. The molecule has 1 aromatic carbocycles. The molecule has 0 heterocycles. The summed E-state index contributed by atoms with van der Waals surface area (Å²) in [5.74, 6) is 0.731. The molecular weight excluding hydrogens is 194 g/mol. The second-order valence-corrected chi connectivity index (χ2v) is 4.13. The molecule has 0 spiro atoms. The van der Waals surface area contributed by atoms with Gasteiger partial charge in [0.2, 0.25) is 0 Å². The minimum absolute atomic E-state index is 0.731. The van der Waals surface area contributed by atoms with Crippen LogP contribution in [0.3, 0.4) is 0 Å². The lowest BCUT2D eigenvalue weighted by Crippen LogP contribution is -2.19. The van der Waals surface area contributed by atoms with E-state index in [9.17, 15) is 0 Å². The Morgan fingerprint density at radius 3 is 2.57 bits per heavy atom. The van der Waals surface area contributed by atoms with Gasteiger partial charge in [-0.1, -0.05) is 17.7 Å². The molecule has 0 fully saturated rings. The highest BCUT2D eigenvalue weighted by Gasteiger charge is 2.03. The van der Waals surface area contributed by atoms with Crippen molar-refractivity contribution in [2.75, 3.05) is 24.4 Å². The molecular formula is C12H18ClN. The highest BCUT2D eigenvalue weighted by atomic mass is 35.5. The Morgan fingerprint density at radius 2 is 2.00 bits per heavy atom. The fourth-order valence-corrected chi connectivity index (χ4v) is 1.77. The van der Waals surface area contributed by atoms with E-state index in [1.807, 2.05) is 0 Å². The van der Waals surface area contributed by atoms with Gasteiger partial charge < -0.3 is 4.90 Å². The number of hydrogen-bond donors (Lipinski definition) is 0. The molecule has 2 heteroatoms. The van der Waals surface area contributed by atoms with Gasteiger partial charge >= 0.3 is 0 Å². The van der Waals surface area contributed by atoms with Crippen LogP contribution < -0.4 is 4.90 Å². The Bertz CT molecular complexity index is 296. The molecule has 0 saturated heterocycles. The van der Waals surface area contributed by atoms with E-state index in [0.29, 0.717) is 0 Å².